The molecule has 1 aliphatic rings. The minimum Gasteiger partial charge on any atom is -0.384 e. The molecule has 1 aromatic carbocycles. The van der Waals surface area contributed by atoms with Crippen molar-refractivity contribution in [2.75, 3.05) is 38.0 Å². The Kier molecular flexibility index (Phi) is 5.31. The summed E-state index contributed by atoms with van der Waals surface area (Å²) in [4.78, 5) is 3.29. The van der Waals surface area contributed by atoms with Crippen LogP contribution in [0.1, 0.15) is 18.4 Å². The molecule has 20 heavy (non-hydrogen) atoms. The van der Waals surface area contributed by atoms with Gasteiger partial charge in [-0.3, -0.25) is 5.41 Å². The number of thioether (sulfide) groups is 1. The van der Waals surface area contributed by atoms with Gasteiger partial charge in [-0.15, -0.1) is 11.8 Å². The van der Waals surface area contributed by atoms with E-state index < -0.39 is 0 Å². The minimum atomic E-state index is 0.142. The molecule has 3 N–H and O–H groups in total. The second-order valence-corrected chi connectivity index (χ2v) is 6.05. The largest absolute Gasteiger partial charge is 0.384 e. The number of hydrogen-bond donors (Lipinski definition) is 2. The van der Waals surface area contributed by atoms with E-state index in [1.54, 1.807) is 11.8 Å². The second kappa shape index (κ2) is 6.99. The van der Waals surface area contributed by atoms with Gasteiger partial charge in [-0.25, -0.2) is 0 Å². The van der Waals surface area contributed by atoms with Crippen LogP contribution in [0.5, 0.6) is 0 Å². The Morgan fingerprint density at radius 1 is 1.45 bits per heavy atom. The summed E-state index contributed by atoms with van der Waals surface area (Å²) in [5.74, 6) is 0.801. The fourth-order valence-electron chi connectivity index (χ4n) is 2.69. The molecular formula is C15H23N3OS. The van der Waals surface area contributed by atoms with E-state index in [0.29, 0.717) is 5.92 Å². The summed E-state index contributed by atoms with van der Waals surface area (Å²) in [5.41, 5.74) is 7.69. The van der Waals surface area contributed by atoms with Crippen LogP contribution in [-0.2, 0) is 4.74 Å². The Labute approximate surface area is 125 Å². The first-order chi connectivity index (χ1) is 9.63. The van der Waals surface area contributed by atoms with Gasteiger partial charge in [0.1, 0.15) is 5.84 Å². The summed E-state index contributed by atoms with van der Waals surface area (Å²) in [6.45, 7) is 2.72. The molecule has 0 aliphatic carbocycles. The zero-order valence-electron chi connectivity index (χ0n) is 12.2. The van der Waals surface area contributed by atoms with Gasteiger partial charge in [0.25, 0.3) is 0 Å². The lowest BCUT2D eigenvalue weighted by Crippen LogP contribution is -2.31. The van der Waals surface area contributed by atoms with E-state index in [9.17, 15) is 0 Å². The molecule has 1 aliphatic heterocycles. The summed E-state index contributed by atoms with van der Waals surface area (Å²) in [6, 6.07) is 6.11. The van der Waals surface area contributed by atoms with Gasteiger partial charge < -0.3 is 15.4 Å². The third-order valence-corrected chi connectivity index (χ3v) is 4.56. The molecule has 0 unspecified atom stereocenters. The van der Waals surface area contributed by atoms with Crippen LogP contribution >= 0.6 is 11.8 Å². The van der Waals surface area contributed by atoms with Crippen molar-refractivity contribution < 1.29 is 4.74 Å². The average Bonchev–Trinajstić information content (AvgIpc) is 2.47. The topological polar surface area (TPSA) is 62.3 Å². The predicted molar refractivity (Wildman–Crippen MR) is 86.1 cm³/mol. The smallest absolute Gasteiger partial charge is 0.126 e. The van der Waals surface area contributed by atoms with Crippen LogP contribution in [0.15, 0.2) is 23.1 Å². The Hall–Kier alpha value is -1.20. The monoisotopic (exact) mass is 293 g/mol. The highest BCUT2D eigenvalue weighted by molar-refractivity contribution is 7.98. The SMILES string of the molecule is CSc1cccc(N(C)CC2CCOCC2)c1C(=N)N. The molecule has 2 rings (SSSR count). The van der Waals surface area contributed by atoms with Crippen LogP contribution in [-0.4, -0.2) is 38.9 Å². The Balaban J connectivity index is 2.19. The van der Waals surface area contributed by atoms with E-state index >= 15 is 0 Å². The van der Waals surface area contributed by atoms with Crippen LogP contribution < -0.4 is 10.6 Å². The maximum atomic E-state index is 7.85. The van der Waals surface area contributed by atoms with Crippen molar-refractivity contribution in [1.82, 2.24) is 0 Å². The Morgan fingerprint density at radius 3 is 2.75 bits per heavy atom. The molecule has 1 fully saturated rings. The number of anilines is 1. The summed E-state index contributed by atoms with van der Waals surface area (Å²) in [5, 5.41) is 7.85. The number of nitrogens with zero attached hydrogens (tertiary/aromatic N) is 1. The van der Waals surface area contributed by atoms with Gasteiger partial charge in [0.05, 0.1) is 5.56 Å². The van der Waals surface area contributed by atoms with Gasteiger partial charge in [-0.1, -0.05) is 6.07 Å². The van der Waals surface area contributed by atoms with E-state index in [4.69, 9.17) is 15.9 Å². The summed E-state index contributed by atoms with van der Waals surface area (Å²) in [6.07, 6.45) is 4.24. The number of hydrogen-bond acceptors (Lipinski definition) is 4. The van der Waals surface area contributed by atoms with E-state index in [0.717, 1.165) is 48.7 Å². The van der Waals surface area contributed by atoms with Crippen molar-refractivity contribution >= 4 is 23.3 Å². The fourth-order valence-corrected chi connectivity index (χ4v) is 3.33. The predicted octanol–water partition coefficient (Wildman–Crippen LogP) is 2.56. The molecule has 0 aromatic heterocycles. The quantitative estimate of drug-likeness (QED) is 0.497. The first-order valence-corrected chi connectivity index (χ1v) is 8.16. The molecule has 0 saturated carbocycles. The van der Waals surface area contributed by atoms with E-state index in [2.05, 4.69) is 18.0 Å². The van der Waals surface area contributed by atoms with Crippen molar-refractivity contribution in [3.63, 3.8) is 0 Å². The number of ether oxygens (including phenoxy) is 1. The van der Waals surface area contributed by atoms with Crippen LogP contribution in [0.4, 0.5) is 5.69 Å². The molecule has 5 heteroatoms. The molecule has 0 radical (unpaired) electrons. The van der Waals surface area contributed by atoms with Crippen molar-refractivity contribution in [2.24, 2.45) is 11.7 Å². The number of nitrogens with two attached hydrogens (primary N) is 1. The van der Waals surface area contributed by atoms with Crippen LogP contribution in [0, 0.1) is 11.3 Å². The lowest BCUT2D eigenvalue weighted by atomic mass is 9.99. The molecule has 4 nitrogen and oxygen atoms in total. The summed E-state index contributed by atoms with van der Waals surface area (Å²) >= 11 is 1.63. The maximum absolute atomic E-state index is 7.85. The highest BCUT2D eigenvalue weighted by Crippen LogP contribution is 2.30. The molecule has 1 saturated heterocycles. The molecule has 0 spiro atoms. The molecule has 1 heterocycles. The third kappa shape index (κ3) is 3.46. The number of amidine groups is 1. The van der Waals surface area contributed by atoms with E-state index in [1.165, 1.54) is 0 Å². The van der Waals surface area contributed by atoms with Crippen molar-refractivity contribution in [1.29, 1.82) is 5.41 Å². The number of benzene rings is 1. The number of nitrogens with one attached hydrogen (secondary N) is 1. The molecule has 0 bridgehead atoms. The molecule has 110 valence electrons. The summed E-state index contributed by atoms with van der Waals surface area (Å²) < 4.78 is 5.41. The van der Waals surface area contributed by atoms with Gasteiger partial charge in [-0.2, -0.15) is 0 Å². The molecule has 1 aromatic rings. The van der Waals surface area contributed by atoms with Crippen LogP contribution in [0.3, 0.4) is 0 Å². The molecule has 0 amide bonds. The van der Waals surface area contributed by atoms with Gasteiger partial charge in [0.2, 0.25) is 0 Å². The standard InChI is InChI=1S/C15H23N3OS/c1-18(10-11-6-8-19-9-7-11)12-4-3-5-13(20-2)14(12)15(16)17/h3-5,11H,6-10H2,1-2H3,(H3,16,17). The van der Waals surface area contributed by atoms with Crippen molar-refractivity contribution in [3.8, 4) is 0 Å². The van der Waals surface area contributed by atoms with Crippen molar-refractivity contribution in [2.45, 2.75) is 17.7 Å². The van der Waals surface area contributed by atoms with Crippen molar-refractivity contribution in [3.05, 3.63) is 23.8 Å². The maximum Gasteiger partial charge on any atom is 0.126 e. The minimum absolute atomic E-state index is 0.142. The number of nitrogen functional groups attached to an aromatic ring is 1. The Bertz CT molecular complexity index is 472. The zero-order chi connectivity index (χ0) is 14.5. The lowest BCUT2D eigenvalue weighted by molar-refractivity contribution is 0.0685. The Morgan fingerprint density at radius 2 is 2.15 bits per heavy atom. The zero-order valence-corrected chi connectivity index (χ0v) is 13.0. The number of rotatable bonds is 5. The third-order valence-electron chi connectivity index (χ3n) is 3.78. The van der Waals surface area contributed by atoms with Crippen LogP contribution in [0.25, 0.3) is 0 Å². The molecular weight excluding hydrogens is 270 g/mol. The average molecular weight is 293 g/mol. The van der Waals surface area contributed by atoms with Crippen LogP contribution in [0.2, 0.25) is 0 Å². The summed E-state index contributed by atoms with van der Waals surface area (Å²) in [7, 11) is 2.08. The fraction of sp³-hybridized carbons (Fsp3) is 0.533. The highest BCUT2D eigenvalue weighted by Gasteiger charge is 2.19. The normalized spacial score (nSPS) is 16.1. The first kappa shape index (κ1) is 15.2. The van der Waals surface area contributed by atoms with E-state index in [-0.39, 0.29) is 5.84 Å². The first-order valence-electron chi connectivity index (χ1n) is 6.93. The highest BCUT2D eigenvalue weighted by atomic mass is 32.2. The lowest BCUT2D eigenvalue weighted by Gasteiger charge is -2.30. The van der Waals surface area contributed by atoms with E-state index in [1.807, 2.05) is 18.4 Å². The van der Waals surface area contributed by atoms with Gasteiger partial charge in [0.15, 0.2) is 0 Å². The van der Waals surface area contributed by atoms with Gasteiger partial charge in [-0.05, 0) is 37.1 Å². The van der Waals surface area contributed by atoms with Gasteiger partial charge >= 0.3 is 0 Å². The van der Waals surface area contributed by atoms with Gasteiger partial charge in [0, 0.05) is 37.4 Å². The molecule has 0 atom stereocenters. The second-order valence-electron chi connectivity index (χ2n) is 5.20.